The lowest BCUT2D eigenvalue weighted by molar-refractivity contribution is 0.0377. The van der Waals surface area contributed by atoms with E-state index in [-0.39, 0.29) is 0 Å². The second kappa shape index (κ2) is 9.62. The molecule has 138 valence electrons. The highest BCUT2D eigenvalue weighted by Crippen LogP contribution is 2.49. The van der Waals surface area contributed by atoms with E-state index in [1.165, 1.54) is 32.1 Å². The molecular weight excluding hydrogens is 300 g/mol. The van der Waals surface area contributed by atoms with Crippen LogP contribution < -0.4 is 10.6 Å². The predicted molar refractivity (Wildman–Crippen MR) is 99.4 cm³/mol. The first-order chi connectivity index (χ1) is 11.8. The van der Waals surface area contributed by atoms with Crippen LogP contribution in [0.1, 0.15) is 45.4 Å². The molecule has 3 fully saturated rings. The van der Waals surface area contributed by atoms with Crippen LogP contribution >= 0.6 is 0 Å². The minimum absolute atomic E-state index is 0.885. The molecule has 2 aliphatic carbocycles. The summed E-state index contributed by atoms with van der Waals surface area (Å²) in [5, 5.41) is 6.94. The van der Waals surface area contributed by atoms with E-state index in [1.807, 2.05) is 0 Å². The minimum Gasteiger partial charge on any atom is -0.379 e. The van der Waals surface area contributed by atoms with E-state index in [2.05, 4.69) is 22.5 Å². The quantitative estimate of drug-likeness (QED) is 0.405. The number of aliphatic imine (C=N–C) groups is 1. The zero-order valence-electron chi connectivity index (χ0n) is 15.4. The number of hydrogen-bond acceptors (Lipinski definition) is 3. The second-order valence-electron chi connectivity index (χ2n) is 7.72. The van der Waals surface area contributed by atoms with E-state index in [0.717, 1.165) is 82.6 Å². The van der Waals surface area contributed by atoms with E-state index in [9.17, 15) is 0 Å². The average Bonchev–Trinajstić information content (AvgIpc) is 3.22. The Hall–Kier alpha value is -0.810. The highest BCUT2D eigenvalue weighted by molar-refractivity contribution is 5.79. The number of nitrogens with one attached hydrogen (secondary N) is 2. The van der Waals surface area contributed by atoms with Crippen LogP contribution in [0.2, 0.25) is 0 Å². The van der Waals surface area contributed by atoms with E-state index in [1.54, 1.807) is 0 Å². The van der Waals surface area contributed by atoms with Gasteiger partial charge in [0.05, 0.1) is 13.2 Å². The van der Waals surface area contributed by atoms with Gasteiger partial charge in [0.1, 0.15) is 0 Å². The summed E-state index contributed by atoms with van der Waals surface area (Å²) in [6, 6.07) is 0. The van der Waals surface area contributed by atoms with Crippen molar-refractivity contribution in [2.45, 2.75) is 45.4 Å². The number of nitrogens with zero attached hydrogens (tertiary/aromatic N) is 2. The van der Waals surface area contributed by atoms with Crippen molar-refractivity contribution in [2.75, 3.05) is 52.5 Å². The highest BCUT2D eigenvalue weighted by Gasteiger charge is 2.38. The van der Waals surface area contributed by atoms with Gasteiger partial charge in [-0.25, -0.2) is 0 Å². The van der Waals surface area contributed by atoms with E-state index >= 15 is 0 Å². The maximum atomic E-state index is 5.39. The lowest BCUT2D eigenvalue weighted by Crippen LogP contribution is -2.39. The normalized spacial score (nSPS) is 30.7. The summed E-state index contributed by atoms with van der Waals surface area (Å²) in [7, 11) is 0. The fourth-order valence-corrected chi connectivity index (χ4v) is 4.76. The third-order valence-corrected chi connectivity index (χ3v) is 6.04. The third-order valence-electron chi connectivity index (χ3n) is 6.04. The summed E-state index contributed by atoms with van der Waals surface area (Å²) in [5.41, 5.74) is 0. The monoisotopic (exact) mass is 336 g/mol. The minimum atomic E-state index is 0.885. The van der Waals surface area contributed by atoms with Crippen molar-refractivity contribution in [1.82, 2.24) is 15.5 Å². The molecule has 3 atom stereocenters. The summed E-state index contributed by atoms with van der Waals surface area (Å²) in [6.07, 6.45) is 8.44. The van der Waals surface area contributed by atoms with Crippen LogP contribution in [-0.2, 0) is 4.74 Å². The van der Waals surface area contributed by atoms with Crippen molar-refractivity contribution >= 4 is 5.96 Å². The van der Waals surface area contributed by atoms with Gasteiger partial charge in [0.2, 0.25) is 0 Å². The molecule has 0 spiro atoms. The van der Waals surface area contributed by atoms with E-state index < -0.39 is 0 Å². The number of morpholine rings is 1. The number of fused-ring (bicyclic) bond motifs is 2. The van der Waals surface area contributed by atoms with Crippen LogP contribution in [0.5, 0.6) is 0 Å². The van der Waals surface area contributed by atoms with Crippen molar-refractivity contribution in [3.05, 3.63) is 0 Å². The molecule has 5 nitrogen and oxygen atoms in total. The fraction of sp³-hybridized carbons (Fsp3) is 0.947. The first kappa shape index (κ1) is 18.0. The van der Waals surface area contributed by atoms with Gasteiger partial charge in [0.25, 0.3) is 0 Å². The van der Waals surface area contributed by atoms with Crippen LogP contribution in [0, 0.1) is 17.8 Å². The lowest BCUT2D eigenvalue weighted by atomic mass is 9.86. The molecule has 1 aliphatic heterocycles. The van der Waals surface area contributed by atoms with Gasteiger partial charge in [0.15, 0.2) is 5.96 Å². The van der Waals surface area contributed by atoms with Gasteiger partial charge >= 0.3 is 0 Å². The summed E-state index contributed by atoms with van der Waals surface area (Å²) in [6.45, 7) is 10.1. The third kappa shape index (κ3) is 5.35. The Morgan fingerprint density at radius 3 is 2.75 bits per heavy atom. The fourth-order valence-electron chi connectivity index (χ4n) is 4.76. The molecule has 3 rings (SSSR count). The molecule has 2 bridgehead atoms. The predicted octanol–water partition coefficient (Wildman–Crippen LogP) is 2.09. The molecule has 1 saturated heterocycles. The van der Waals surface area contributed by atoms with Crippen molar-refractivity contribution in [3.63, 3.8) is 0 Å². The maximum absolute atomic E-state index is 5.39. The number of guanidine groups is 1. The number of rotatable bonds is 8. The summed E-state index contributed by atoms with van der Waals surface area (Å²) in [4.78, 5) is 7.23. The molecule has 0 amide bonds. The SMILES string of the molecule is CCNC(=NCCCN1CCOCC1)NCCC1CC2CCC1C2. The molecule has 0 radical (unpaired) electrons. The van der Waals surface area contributed by atoms with Gasteiger partial charge in [-0.05, 0) is 56.8 Å². The van der Waals surface area contributed by atoms with Gasteiger partial charge in [-0.3, -0.25) is 9.89 Å². The number of hydrogen-bond donors (Lipinski definition) is 2. The van der Waals surface area contributed by atoms with Crippen molar-refractivity contribution in [3.8, 4) is 0 Å². The van der Waals surface area contributed by atoms with Crippen LogP contribution in [0.4, 0.5) is 0 Å². The molecular formula is C19H36N4O. The first-order valence-corrected chi connectivity index (χ1v) is 10.2. The summed E-state index contributed by atoms with van der Waals surface area (Å²) in [5.74, 6) is 4.06. The Bertz CT molecular complexity index is 395. The van der Waals surface area contributed by atoms with E-state index in [0.29, 0.717) is 0 Å². The van der Waals surface area contributed by atoms with Gasteiger partial charge in [-0.15, -0.1) is 0 Å². The van der Waals surface area contributed by atoms with Gasteiger partial charge < -0.3 is 15.4 Å². The molecule has 24 heavy (non-hydrogen) atoms. The Balaban J connectivity index is 1.31. The topological polar surface area (TPSA) is 48.9 Å². The second-order valence-corrected chi connectivity index (χ2v) is 7.72. The molecule has 0 aromatic rings. The molecule has 1 heterocycles. The Morgan fingerprint density at radius 1 is 1.17 bits per heavy atom. The van der Waals surface area contributed by atoms with E-state index in [4.69, 9.17) is 9.73 Å². The Labute approximate surface area is 147 Å². The Morgan fingerprint density at radius 2 is 2.04 bits per heavy atom. The van der Waals surface area contributed by atoms with Crippen LogP contribution in [0.3, 0.4) is 0 Å². The zero-order valence-corrected chi connectivity index (χ0v) is 15.4. The van der Waals surface area contributed by atoms with Crippen LogP contribution in [-0.4, -0.2) is 63.3 Å². The summed E-state index contributed by atoms with van der Waals surface area (Å²) >= 11 is 0. The van der Waals surface area contributed by atoms with Crippen molar-refractivity contribution < 1.29 is 4.74 Å². The standard InChI is InChI=1S/C19H36N4O/c1-2-20-19(21-7-3-9-23-10-12-24-13-11-23)22-8-6-18-15-16-4-5-17(18)14-16/h16-18H,2-15H2,1H3,(H2,20,21,22). The van der Waals surface area contributed by atoms with Gasteiger partial charge in [-0.2, -0.15) is 0 Å². The molecule has 5 heteroatoms. The molecule has 2 saturated carbocycles. The van der Waals surface area contributed by atoms with Crippen LogP contribution in [0.15, 0.2) is 4.99 Å². The molecule has 2 N–H and O–H groups in total. The highest BCUT2D eigenvalue weighted by atomic mass is 16.5. The lowest BCUT2D eigenvalue weighted by Gasteiger charge is -2.26. The number of ether oxygens (including phenoxy) is 1. The van der Waals surface area contributed by atoms with Crippen LogP contribution in [0.25, 0.3) is 0 Å². The maximum Gasteiger partial charge on any atom is 0.191 e. The molecule has 3 aliphatic rings. The molecule has 3 unspecified atom stereocenters. The molecule has 0 aromatic heterocycles. The first-order valence-electron chi connectivity index (χ1n) is 10.2. The van der Waals surface area contributed by atoms with Gasteiger partial charge in [-0.1, -0.05) is 6.42 Å². The largest absolute Gasteiger partial charge is 0.379 e. The smallest absolute Gasteiger partial charge is 0.191 e. The van der Waals surface area contributed by atoms with Gasteiger partial charge in [0, 0.05) is 39.3 Å². The van der Waals surface area contributed by atoms with Crippen molar-refractivity contribution in [1.29, 1.82) is 0 Å². The average molecular weight is 337 g/mol. The Kier molecular flexibility index (Phi) is 7.21. The zero-order chi connectivity index (χ0) is 16.6. The molecule has 0 aromatic carbocycles. The van der Waals surface area contributed by atoms with Crippen molar-refractivity contribution in [2.24, 2.45) is 22.7 Å². The summed E-state index contributed by atoms with van der Waals surface area (Å²) < 4.78 is 5.39.